The minimum atomic E-state index is -6.72. The Morgan fingerprint density at radius 3 is 1.45 bits per heavy atom. The molecule has 0 bridgehead atoms. The van der Waals surface area contributed by atoms with E-state index in [1.165, 1.54) is 6.07 Å². The molecule has 0 aromatic heterocycles. The Hall–Kier alpha value is -1.61. The molecule has 1 rings (SSSR count). The highest BCUT2D eigenvalue weighted by atomic mass is 19.4. The van der Waals surface area contributed by atoms with Crippen LogP contribution in [0.25, 0.3) is 0 Å². The number of rotatable bonds is 3. The summed E-state index contributed by atoms with van der Waals surface area (Å²) in [6.45, 7) is 0. The summed E-state index contributed by atoms with van der Waals surface area (Å²) in [5.41, 5.74) is -0.878. The molecule has 1 aromatic rings. The third-order valence-corrected chi connectivity index (χ3v) is 2.27. The Labute approximate surface area is 106 Å². The molecule has 0 fully saturated rings. The van der Waals surface area contributed by atoms with Crippen LogP contribution in [0.2, 0.25) is 0 Å². The predicted octanol–water partition coefficient (Wildman–Crippen LogP) is 4.52. The van der Waals surface area contributed by atoms with Crippen molar-refractivity contribution < 1.29 is 39.5 Å². The van der Waals surface area contributed by atoms with Crippen molar-refractivity contribution >= 4 is 5.69 Å². The number of para-hydroxylation sites is 1. The molecule has 0 aliphatic rings. The van der Waals surface area contributed by atoms with Crippen LogP contribution in [0.15, 0.2) is 30.3 Å². The lowest BCUT2D eigenvalue weighted by Crippen LogP contribution is -2.66. The predicted molar refractivity (Wildman–Crippen MR) is 51.0 cm³/mol. The summed E-state index contributed by atoms with van der Waals surface area (Å²) < 4.78 is 113. The van der Waals surface area contributed by atoms with Crippen LogP contribution in [-0.4, -0.2) is 24.1 Å². The third kappa shape index (κ3) is 2.63. The largest absolute Gasteiger partial charge is 0.459 e. The zero-order chi connectivity index (χ0) is 15.8. The summed E-state index contributed by atoms with van der Waals surface area (Å²) in [6.07, 6.45) is -13.2. The lowest BCUT2D eigenvalue weighted by atomic mass is 10.1. The Bertz CT molecular complexity index is 450. The van der Waals surface area contributed by atoms with Crippen LogP contribution in [0.5, 0.6) is 0 Å². The van der Waals surface area contributed by atoms with Crippen LogP contribution in [0.3, 0.4) is 0 Å². The fourth-order valence-electron chi connectivity index (χ4n) is 1.24. The molecule has 0 amide bonds. The van der Waals surface area contributed by atoms with E-state index in [0.29, 0.717) is 17.4 Å². The van der Waals surface area contributed by atoms with E-state index in [9.17, 15) is 39.5 Å². The van der Waals surface area contributed by atoms with Gasteiger partial charge in [-0.1, -0.05) is 18.2 Å². The van der Waals surface area contributed by atoms with E-state index < -0.39 is 29.8 Å². The molecule has 0 radical (unpaired) electrons. The number of nitrogens with one attached hydrogen (secondary N) is 1. The molecule has 1 nitrogen and oxygen atoms in total. The van der Waals surface area contributed by atoms with E-state index >= 15 is 0 Å². The number of hydrogen-bond donors (Lipinski definition) is 1. The molecular formula is C10H6F9N. The van der Waals surface area contributed by atoms with Crippen LogP contribution in [0, 0.1) is 0 Å². The minimum Gasteiger partial charge on any atom is -0.341 e. The zero-order valence-electron chi connectivity index (χ0n) is 9.29. The first-order chi connectivity index (χ1) is 8.83. The fraction of sp³-hybridized carbons (Fsp3) is 0.400. The Kier molecular flexibility index (Phi) is 3.90. The van der Waals surface area contributed by atoms with E-state index in [1.54, 1.807) is 0 Å². The molecule has 0 saturated heterocycles. The van der Waals surface area contributed by atoms with Crippen LogP contribution in [0.4, 0.5) is 45.2 Å². The first kappa shape index (κ1) is 16.4. The summed E-state index contributed by atoms with van der Waals surface area (Å²) in [6, 6.07) is 4.75. The van der Waals surface area contributed by atoms with Crippen molar-refractivity contribution in [2.45, 2.75) is 24.1 Å². The Morgan fingerprint density at radius 2 is 1.10 bits per heavy atom. The Balaban J connectivity index is 3.32. The standard InChI is InChI=1S/C10H6F9N/c11-7(12,9(14,15)16)8(13,10(17,18)19)20-6-4-2-1-3-5-6/h1-5,20H. The Morgan fingerprint density at radius 1 is 0.650 bits per heavy atom. The first-order valence-corrected chi connectivity index (χ1v) is 4.86. The van der Waals surface area contributed by atoms with E-state index in [0.717, 1.165) is 12.1 Å². The maximum absolute atomic E-state index is 13.6. The van der Waals surface area contributed by atoms with Gasteiger partial charge in [0.25, 0.3) is 0 Å². The maximum Gasteiger partial charge on any atom is 0.459 e. The lowest BCUT2D eigenvalue weighted by Gasteiger charge is -2.36. The van der Waals surface area contributed by atoms with Gasteiger partial charge in [0, 0.05) is 5.69 Å². The van der Waals surface area contributed by atoms with Crippen LogP contribution in [0.1, 0.15) is 0 Å². The molecule has 0 aliphatic heterocycles. The van der Waals surface area contributed by atoms with Gasteiger partial charge >= 0.3 is 24.1 Å². The molecule has 1 N–H and O–H groups in total. The SMILES string of the molecule is FC(F)(F)C(F)(F)C(F)(Nc1ccccc1)C(F)(F)F. The molecule has 10 heteroatoms. The smallest absolute Gasteiger partial charge is 0.341 e. The summed E-state index contributed by atoms with van der Waals surface area (Å²) in [5.74, 6) is -12.7. The maximum atomic E-state index is 13.6. The van der Waals surface area contributed by atoms with Crippen molar-refractivity contribution in [3.63, 3.8) is 0 Å². The molecule has 0 aliphatic carbocycles. The third-order valence-electron chi connectivity index (χ3n) is 2.27. The number of benzene rings is 1. The molecule has 114 valence electrons. The van der Waals surface area contributed by atoms with Gasteiger partial charge in [0.1, 0.15) is 0 Å². The van der Waals surface area contributed by atoms with Gasteiger partial charge < -0.3 is 5.32 Å². The number of halogens is 9. The van der Waals surface area contributed by atoms with Gasteiger partial charge in [-0.2, -0.15) is 35.1 Å². The second-order valence-electron chi connectivity index (χ2n) is 3.72. The summed E-state index contributed by atoms with van der Waals surface area (Å²) in [7, 11) is 0. The van der Waals surface area contributed by atoms with Crippen molar-refractivity contribution in [1.82, 2.24) is 0 Å². The van der Waals surface area contributed by atoms with Gasteiger partial charge in [-0.25, -0.2) is 4.39 Å². The highest BCUT2D eigenvalue weighted by Crippen LogP contribution is 2.52. The normalized spacial score (nSPS) is 16.6. The topological polar surface area (TPSA) is 12.0 Å². The van der Waals surface area contributed by atoms with Crippen molar-refractivity contribution in [3.05, 3.63) is 30.3 Å². The monoisotopic (exact) mass is 311 g/mol. The van der Waals surface area contributed by atoms with Crippen LogP contribution in [-0.2, 0) is 0 Å². The summed E-state index contributed by atoms with van der Waals surface area (Å²) in [5, 5.41) is 0.580. The quantitative estimate of drug-likeness (QED) is 0.639. The number of alkyl halides is 9. The summed E-state index contributed by atoms with van der Waals surface area (Å²) in [4.78, 5) is 0. The number of anilines is 1. The number of hydrogen-bond acceptors (Lipinski definition) is 1. The second kappa shape index (κ2) is 4.74. The lowest BCUT2D eigenvalue weighted by molar-refractivity contribution is -0.375. The van der Waals surface area contributed by atoms with E-state index in [-0.39, 0.29) is 0 Å². The average molecular weight is 311 g/mol. The van der Waals surface area contributed by atoms with Gasteiger partial charge in [0.2, 0.25) is 0 Å². The van der Waals surface area contributed by atoms with Crippen molar-refractivity contribution in [2.24, 2.45) is 0 Å². The van der Waals surface area contributed by atoms with E-state index in [1.807, 2.05) is 0 Å². The molecule has 1 aromatic carbocycles. The fourth-order valence-corrected chi connectivity index (χ4v) is 1.24. The first-order valence-electron chi connectivity index (χ1n) is 4.86. The van der Waals surface area contributed by atoms with E-state index in [4.69, 9.17) is 0 Å². The molecule has 0 spiro atoms. The molecule has 1 atom stereocenters. The zero-order valence-corrected chi connectivity index (χ0v) is 9.29. The van der Waals surface area contributed by atoms with E-state index in [2.05, 4.69) is 0 Å². The second-order valence-corrected chi connectivity index (χ2v) is 3.72. The van der Waals surface area contributed by atoms with Crippen LogP contribution < -0.4 is 5.32 Å². The van der Waals surface area contributed by atoms with Crippen molar-refractivity contribution in [1.29, 1.82) is 0 Å². The minimum absolute atomic E-state index is 0.580. The molecule has 0 heterocycles. The average Bonchev–Trinajstić information content (AvgIpc) is 2.27. The highest BCUT2D eigenvalue weighted by molar-refractivity contribution is 5.46. The van der Waals surface area contributed by atoms with Gasteiger partial charge in [-0.05, 0) is 12.1 Å². The molecule has 20 heavy (non-hydrogen) atoms. The van der Waals surface area contributed by atoms with Gasteiger partial charge in [-0.15, -0.1) is 0 Å². The van der Waals surface area contributed by atoms with Crippen molar-refractivity contribution in [2.75, 3.05) is 5.32 Å². The van der Waals surface area contributed by atoms with Crippen LogP contribution >= 0.6 is 0 Å². The molecule has 1 unspecified atom stereocenters. The molecule has 0 saturated carbocycles. The van der Waals surface area contributed by atoms with Gasteiger partial charge in [-0.3, -0.25) is 0 Å². The van der Waals surface area contributed by atoms with Gasteiger partial charge in [0.05, 0.1) is 0 Å². The van der Waals surface area contributed by atoms with Gasteiger partial charge in [0.15, 0.2) is 0 Å². The molecular weight excluding hydrogens is 305 g/mol. The highest BCUT2D eigenvalue weighted by Gasteiger charge is 2.81. The summed E-state index contributed by atoms with van der Waals surface area (Å²) >= 11 is 0. The van der Waals surface area contributed by atoms with Crippen molar-refractivity contribution in [3.8, 4) is 0 Å².